The van der Waals surface area contributed by atoms with Gasteiger partial charge >= 0.3 is 0 Å². The van der Waals surface area contributed by atoms with Crippen molar-refractivity contribution in [3.63, 3.8) is 0 Å². The summed E-state index contributed by atoms with van der Waals surface area (Å²) in [5.41, 5.74) is 5.59. The van der Waals surface area contributed by atoms with Crippen molar-refractivity contribution in [2.75, 3.05) is 18.8 Å². The number of hydrogen-bond donors (Lipinski definition) is 2. The number of nitrogens with one attached hydrogen (secondary N) is 1. The lowest BCUT2D eigenvalue weighted by molar-refractivity contribution is 0.936. The third-order valence-corrected chi connectivity index (χ3v) is 2.74. The Morgan fingerprint density at radius 1 is 1.40 bits per heavy atom. The molecule has 3 N–H and O–H groups in total. The van der Waals surface area contributed by atoms with Crippen LogP contribution in [0.25, 0.3) is 0 Å². The average molecular weight is 223 g/mol. The van der Waals surface area contributed by atoms with Gasteiger partial charge in [0.25, 0.3) is 0 Å². The van der Waals surface area contributed by atoms with Crippen LogP contribution in [0.5, 0.6) is 0 Å². The van der Waals surface area contributed by atoms with Crippen molar-refractivity contribution in [2.24, 2.45) is 10.7 Å². The van der Waals surface area contributed by atoms with Gasteiger partial charge in [-0.25, -0.2) is 0 Å². The average Bonchev–Trinajstić information content (AvgIpc) is 2.26. The number of guanidine groups is 1. The number of benzene rings is 1. The molecular weight excluding hydrogens is 206 g/mol. The van der Waals surface area contributed by atoms with Gasteiger partial charge < -0.3 is 11.1 Å². The summed E-state index contributed by atoms with van der Waals surface area (Å²) < 4.78 is 0. The monoisotopic (exact) mass is 223 g/mol. The molecule has 4 heteroatoms. The summed E-state index contributed by atoms with van der Waals surface area (Å²) in [7, 11) is 0. The largest absolute Gasteiger partial charge is 0.370 e. The zero-order valence-corrected chi connectivity index (χ0v) is 9.76. The standard InChI is InChI=1S/C11H17N3S/c1-2-13-11(12)14-8-9-15-10-6-4-3-5-7-10/h3-7H,2,8-9H2,1H3,(H3,12,13,14). The number of hydrogen-bond acceptors (Lipinski definition) is 2. The molecular formula is C11H17N3S. The number of nitrogens with two attached hydrogens (primary N) is 1. The van der Waals surface area contributed by atoms with E-state index in [0.717, 1.165) is 18.8 Å². The summed E-state index contributed by atoms with van der Waals surface area (Å²) >= 11 is 1.79. The molecule has 82 valence electrons. The third kappa shape index (κ3) is 5.32. The smallest absolute Gasteiger partial charge is 0.188 e. The molecule has 0 aliphatic heterocycles. The van der Waals surface area contributed by atoms with Crippen LogP contribution in [0.15, 0.2) is 40.2 Å². The Hall–Kier alpha value is -1.16. The second kappa shape index (κ2) is 7.17. The third-order valence-electron chi connectivity index (χ3n) is 1.74. The molecule has 0 amide bonds. The van der Waals surface area contributed by atoms with Crippen LogP contribution in [0.1, 0.15) is 6.92 Å². The van der Waals surface area contributed by atoms with Gasteiger partial charge in [-0.3, -0.25) is 4.99 Å². The van der Waals surface area contributed by atoms with Gasteiger partial charge in [-0.2, -0.15) is 0 Å². The fourth-order valence-electron chi connectivity index (χ4n) is 1.08. The van der Waals surface area contributed by atoms with Crippen LogP contribution in [0.3, 0.4) is 0 Å². The van der Waals surface area contributed by atoms with E-state index in [2.05, 4.69) is 22.4 Å². The van der Waals surface area contributed by atoms with Crippen molar-refractivity contribution in [3.05, 3.63) is 30.3 Å². The Morgan fingerprint density at radius 3 is 2.80 bits per heavy atom. The van der Waals surface area contributed by atoms with E-state index in [1.165, 1.54) is 4.90 Å². The first-order valence-corrected chi connectivity index (χ1v) is 6.03. The molecule has 0 spiro atoms. The maximum absolute atomic E-state index is 5.59. The van der Waals surface area contributed by atoms with E-state index in [1.54, 1.807) is 11.8 Å². The molecule has 0 saturated carbocycles. The SMILES string of the molecule is CCNC(N)=NCCSc1ccccc1. The van der Waals surface area contributed by atoms with Crippen molar-refractivity contribution in [1.29, 1.82) is 0 Å². The minimum atomic E-state index is 0.533. The second-order valence-electron chi connectivity index (χ2n) is 2.96. The number of nitrogens with zero attached hydrogens (tertiary/aromatic N) is 1. The number of thioether (sulfide) groups is 1. The molecule has 0 saturated heterocycles. The summed E-state index contributed by atoms with van der Waals surface area (Å²) in [4.78, 5) is 5.46. The lowest BCUT2D eigenvalue weighted by atomic mass is 10.4. The van der Waals surface area contributed by atoms with Gasteiger partial charge in [0.2, 0.25) is 0 Å². The van der Waals surface area contributed by atoms with Crippen LogP contribution < -0.4 is 11.1 Å². The first-order valence-electron chi connectivity index (χ1n) is 5.04. The van der Waals surface area contributed by atoms with E-state index < -0.39 is 0 Å². The van der Waals surface area contributed by atoms with E-state index >= 15 is 0 Å². The first kappa shape index (κ1) is 11.9. The molecule has 0 bridgehead atoms. The van der Waals surface area contributed by atoms with Gasteiger partial charge in [0, 0.05) is 17.2 Å². The maximum atomic E-state index is 5.59. The molecule has 0 atom stereocenters. The maximum Gasteiger partial charge on any atom is 0.188 e. The molecule has 0 unspecified atom stereocenters. The summed E-state index contributed by atoms with van der Waals surface area (Å²) in [5, 5.41) is 2.96. The van der Waals surface area contributed by atoms with Gasteiger partial charge in [-0.05, 0) is 19.1 Å². The Kier molecular flexibility index (Phi) is 5.70. The van der Waals surface area contributed by atoms with Crippen LogP contribution >= 0.6 is 11.8 Å². The zero-order valence-electron chi connectivity index (χ0n) is 8.94. The summed E-state index contributed by atoms with van der Waals surface area (Å²) in [5.74, 6) is 1.49. The van der Waals surface area contributed by atoms with Crippen molar-refractivity contribution in [1.82, 2.24) is 5.32 Å². The fraction of sp³-hybridized carbons (Fsp3) is 0.364. The highest BCUT2D eigenvalue weighted by atomic mass is 32.2. The van der Waals surface area contributed by atoms with Gasteiger partial charge in [0.1, 0.15) is 0 Å². The Balaban J connectivity index is 2.20. The van der Waals surface area contributed by atoms with Crippen molar-refractivity contribution in [3.8, 4) is 0 Å². The summed E-state index contributed by atoms with van der Waals surface area (Å²) in [6, 6.07) is 10.3. The predicted molar refractivity (Wildman–Crippen MR) is 67.3 cm³/mol. The first-order chi connectivity index (χ1) is 7.33. The van der Waals surface area contributed by atoms with E-state index in [-0.39, 0.29) is 0 Å². The van der Waals surface area contributed by atoms with Gasteiger partial charge in [0.05, 0.1) is 6.54 Å². The number of rotatable bonds is 5. The topological polar surface area (TPSA) is 50.4 Å². The quantitative estimate of drug-likeness (QED) is 0.346. The molecule has 1 rings (SSSR count). The lowest BCUT2D eigenvalue weighted by Gasteiger charge is -2.01. The van der Waals surface area contributed by atoms with Crippen molar-refractivity contribution in [2.45, 2.75) is 11.8 Å². The molecule has 1 aromatic rings. The second-order valence-corrected chi connectivity index (χ2v) is 4.13. The molecule has 0 aromatic heterocycles. The van der Waals surface area contributed by atoms with E-state index in [0.29, 0.717) is 5.96 Å². The zero-order chi connectivity index (χ0) is 10.9. The van der Waals surface area contributed by atoms with E-state index in [9.17, 15) is 0 Å². The van der Waals surface area contributed by atoms with Gasteiger partial charge in [-0.15, -0.1) is 11.8 Å². The van der Waals surface area contributed by atoms with Crippen molar-refractivity contribution < 1.29 is 0 Å². The van der Waals surface area contributed by atoms with Crippen LogP contribution in [-0.4, -0.2) is 24.8 Å². The van der Waals surface area contributed by atoms with Crippen LogP contribution in [0, 0.1) is 0 Å². The minimum absolute atomic E-state index is 0.533. The van der Waals surface area contributed by atoms with E-state index in [1.807, 2.05) is 25.1 Å². The summed E-state index contributed by atoms with van der Waals surface area (Å²) in [6.45, 7) is 3.57. The highest BCUT2D eigenvalue weighted by Crippen LogP contribution is 2.15. The van der Waals surface area contributed by atoms with Crippen LogP contribution in [0.4, 0.5) is 0 Å². The Labute approximate surface area is 95.2 Å². The molecule has 0 aliphatic rings. The normalized spacial score (nSPS) is 11.4. The fourth-order valence-corrected chi connectivity index (χ4v) is 1.85. The lowest BCUT2D eigenvalue weighted by Crippen LogP contribution is -2.31. The predicted octanol–water partition coefficient (Wildman–Crippen LogP) is 1.70. The molecule has 0 aliphatic carbocycles. The molecule has 0 heterocycles. The Bertz CT molecular complexity index is 298. The molecule has 1 aromatic carbocycles. The van der Waals surface area contributed by atoms with Gasteiger partial charge in [-0.1, -0.05) is 18.2 Å². The molecule has 15 heavy (non-hydrogen) atoms. The number of aliphatic imine (C=N–C) groups is 1. The highest BCUT2D eigenvalue weighted by molar-refractivity contribution is 7.99. The van der Waals surface area contributed by atoms with E-state index in [4.69, 9.17) is 5.73 Å². The minimum Gasteiger partial charge on any atom is -0.370 e. The molecule has 0 radical (unpaired) electrons. The molecule has 3 nitrogen and oxygen atoms in total. The van der Waals surface area contributed by atoms with Crippen LogP contribution in [-0.2, 0) is 0 Å². The van der Waals surface area contributed by atoms with Crippen molar-refractivity contribution >= 4 is 17.7 Å². The molecule has 0 fully saturated rings. The Morgan fingerprint density at radius 2 is 2.13 bits per heavy atom. The van der Waals surface area contributed by atoms with Crippen LogP contribution in [0.2, 0.25) is 0 Å². The highest BCUT2D eigenvalue weighted by Gasteiger charge is 1.92. The van der Waals surface area contributed by atoms with Gasteiger partial charge in [0.15, 0.2) is 5.96 Å². The summed E-state index contributed by atoms with van der Waals surface area (Å²) in [6.07, 6.45) is 0.